The van der Waals surface area contributed by atoms with Crippen LogP contribution in [-0.4, -0.2) is 20.2 Å². The van der Waals surface area contributed by atoms with Gasteiger partial charge in [0.2, 0.25) is 0 Å². The van der Waals surface area contributed by atoms with Gasteiger partial charge in [-0.2, -0.15) is 0 Å². The zero-order chi connectivity index (χ0) is 9.77. The van der Waals surface area contributed by atoms with Crippen molar-refractivity contribution in [2.24, 2.45) is 16.7 Å². The minimum absolute atomic E-state index is 0.0930. The summed E-state index contributed by atoms with van der Waals surface area (Å²) in [7, 11) is -0.860. The van der Waals surface area contributed by atoms with Gasteiger partial charge < -0.3 is 0 Å². The van der Waals surface area contributed by atoms with E-state index >= 15 is 0 Å². The molecule has 4 aliphatic rings. The molecule has 5 atom stereocenters. The maximum absolute atomic E-state index is 11.8. The highest BCUT2D eigenvalue weighted by Gasteiger charge is 2.86. The normalized spacial score (nSPS) is 66.6. The first-order valence-corrected chi connectivity index (χ1v) is 6.69. The Hall–Kier alpha value is 0.0700. The Labute approximate surface area is 86.3 Å². The van der Waals surface area contributed by atoms with Gasteiger partial charge in [-0.05, 0) is 30.6 Å². The number of hydroxylamine groups is 1. The van der Waals surface area contributed by atoms with E-state index in [0.717, 1.165) is 18.1 Å². The van der Waals surface area contributed by atoms with Crippen LogP contribution in [0.4, 0.5) is 0 Å². The molecule has 0 aromatic rings. The van der Waals surface area contributed by atoms with E-state index < -0.39 is 11.0 Å². The summed E-state index contributed by atoms with van der Waals surface area (Å²) >= 11 is 0. The van der Waals surface area contributed by atoms with Crippen LogP contribution in [0.3, 0.4) is 0 Å². The Morgan fingerprint density at radius 2 is 2.29 bits per heavy atom. The van der Waals surface area contributed by atoms with Crippen LogP contribution in [0.15, 0.2) is 0 Å². The zero-order valence-corrected chi connectivity index (χ0v) is 9.39. The van der Waals surface area contributed by atoms with Gasteiger partial charge in [0, 0.05) is 5.41 Å². The summed E-state index contributed by atoms with van der Waals surface area (Å²) in [4.78, 5) is 5.67. The molecule has 3 nitrogen and oxygen atoms in total. The van der Waals surface area contributed by atoms with Crippen LogP contribution >= 0.6 is 0 Å². The molecule has 2 bridgehead atoms. The molecule has 78 valence electrons. The summed E-state index contributed by atoms with van der Waals surface area (Å²) in [6, 6.07) is 0. The van der Waals surface area contributed by atoms with Crippen molar-refractivity contribution >= 4 is 11.0 Å². The maximum Gasteiger partial charge on any atom is 0.186 e. The third-order valence-electron chi connectivity index (χ3n) is 5.50. The lowest BCUT2D eigenvalue weighted by molar-refractivity contribution is 0.0737. The summed E-state index contributed by atoms with van der Waals surface area (Å²) in [5, 5.41) is 0. The second-order valence-electron chi connectivity index (χ2n) is 5.84. The molecule has 0 N–H and O–H groups in total. The Morgan fingerprint density at radius 1 is 1.50 bits per heavy atom. The SMILES string of the molecule is CC1(C)[C@@H]2CC[C@]13C[S@@](=O)N1O[C@]13C2. The highest BCUT2D eigenvalue weighted by atomic mass is 32.2. The number of hydrogen-bond acceptors (Lipinski definition) is 2. The summed E-state index contributed by atoms with van der Waals surface area (Å²) in [6.45, 7) is 4.70. The van der Waals surface area contributed by atoms with Gasteiger partial charge >= 0.3 is 0 Å². The topological polar surface area (TPSA) is 32.6 Å². The van der Waals surface area contributed by atoms with Crippen molar-refractivity contribution in [3.63, 3.8) is 0 Å². The van der Waals surface area contributed by atoms with Crippen molar-refractivity contribution in [3.8, 4) is 0 Å². The monoisotopic (exact) mass is 213 g/mol. The lowest BCUT2D eigenvalue weighted by Crippen LogP contribution is -2.41. The third-order valence-corrected chi connectivity index (χ3v) is 6.97. The van der Waals surface area contributed by atoms with Crippen LogP contribution in [0.5, 0.6) is 0 Å². The molecule has 2 saturated heterocycles. The number of rotatable bonds is 0. The van der Waals surface area contributed by atoms with Crippen molar-refractivity contribution in [1.82, 2.24) is 4.47 Å². The molecule has 0 amide bonds. The van der Waals surface area contributed by atoms with E-state index in [1.54, 1.807) is 4.47 Å². The van der Waals surface area contributed by atoms with Crippen LogP contribution in [0.1, 0.15) is 33.1 Å². The van der Waals surface area contributed by atoms with E-state index in [4.69, 9.17) is 4.84 Å². The molecule has 4 fully saturated rings. The lowest BCUT2D eigenvalue weighted by Gasteiger charge is -2.36. The summed E-state index contributed by atoms with van der Waals surface area (Å²) in [5.74, 6) is 1.63. The number of nitrogens with zero attached hydrogens (tertiary/aromatic N) is 1. The van der Waals surface area contributed by atoms with Crippen molar-refractivity contribution in [2.75, 3.05) is 5.75 Å². The van der Waals surface area contributed by atoms with Gasteiger partial charge in [0.05, 0.1) is 5.75 Å². The van der Waals surface area contributed by atoms with Crippen LogP contribution in [0.2, 0.25) is 0 Å². The van der Waals surface area contributed by atoms with Crippen molar-refractivity contribution in [3.05, 3.63) is 0 Å². The van der Waals surface area contributed by atoms with Crippen LogP contribution in [0.25, 0.3) is 0 Å². The summed E-state index contributed by atoms with van der Waals surface area (Å²) in [6.07, 6.45) is 3.64. The highest BCUT2D eigenvalue weighted by Crippen LogP contribution is 2.79. The summed E-state index contributed by atoms with van der Waals surface area (Å²) < 4.78 is 13.6. The Bertz CT molecular complexity index is 369. The summed E-state index contributed by atoms with van der Waals surface area (Å²) in [5.41, 5.74) is 0.438. The molecular formula is C10H15NO2S. The van der Waals surface area contributed by atoms with E-state index in [2.05, 4.69) is 13.8 Å². The molecule has 2 aliphatic heterocycles. The fourth-order valence-corrected chi connectivity index (χ4v) is 6.48. The molecule has 0 aromatic carbocycles. The molecule has 1 unspecified atom stereocenters. The van der Waals surface area contributed by atoms with E-state index in [1.165, 1.54) is 12.8 Å². The average molecular weight is 213 g/mol. The zero-order valence-electron chi connectivity index (χ0n) is 8.58. The molecule has 14 heavy (non-hydrogen) atoms. The molecule has 2 saturated carbocycles. The number of hydrogen-bond donors (Lipinski definition) is 0. The smallest absolute Gasteiger partial charge is 0.186 e. The minimum atomic E-state index is -0.860. The van der Waals surface area contributed by atoms with Crippen LogP contribution in [0, 0.1) is 16.7 Å². The molecule has 4 heteroatoms. The minimum Gasteiger partial charge on any atom is -0.257 e. The number of fused-ring (bicyclic) bond motifs is 1. The predicted molar refractivity (Wildman–Crippen MR) is 52.2 cm³/mol. The van der Waals surface area contributed by atoms with Crippen molar-refractivity contribution < 1.29 is 9.05 Å². The second-order valence-corrected chi connectivity index (χ2v) is 7.11. The van der Waals surface area contributed by atoms with Gasteiger partial charge in [0.25, 0.3) is 0 Å². The van der Waals surface area contributed by atoms with Gasteiger partial charge in [-0.15, -0.1) is 0 Å². The average Bonchev–Trinajstić information content (AvgIpc) is 2.66. The molecule has 0 radical (unpaired) electrons. The van der Waals surface area contributed by atoms with Gasteiger partial charge in [-0.1, -0.05) is 18.3 Å². The van der Waals surface area contributed by atoms with Crippen LogP contribution < -0.4 is 0 Å². The fraction of sp³-hybridized carbons (Fsp3) is 1.00. The van der Waals surface area contributed by atoms with E-state index in [9.17, 15) is 4.21 Å². The predicted octanol–water partition coefficient (Wildman–Crippen LogP) is 1.43. The van der Waals surface area contributed by atoms with Gasteiger partial charge in [0.15, 0.2) is 5.72 Å². The molecule has 2 aliphatic carbocycles. The first kappa shape index (κ1) is 8.25. The standard InChI is InChI=1S/C10H15NO2S/c1-8(2)7-3-4-9(8)6-14(12)11-10(9,5-7)13-11/h7H,3-6H2,1-2H3/t7-,9+,10+,11?,14-/m1/s1. The molecule has 2 spiro atoms. The molecule has 4 rings (SSSR count). The van der Waals surface area contributed by atoms with Gasteiger partial charge in [0.1, 0.15) is 11.0 Å². The van der Waals surface area contributed by atoms with E-state index in [1.807, 2.05) is 0 Å². The largest absolute Gasteiger partial charge is 0.257 e. The maximum atomic E-state index is 11.8. The Kier molecular flexibility index (Phi) is 1.09. The van der Waals surface area contributed by atoms with Crippen LogP contribution in [-0.2, 0) is 15.8 Å². The first-order chi connectivity index (χ1) is 6.54. The quantitative estimate of drug-likeness (QED) is 0.570. The second kappa shape index (κ2) is 1.85. The Morgan fingerprint density at radius 3 is 2.86 bits per heavy atom. The van der Waals surface area contributed by atoms with Crippen molar-refractivity contribution in [1.29, 1.82) is 0 Å². The third kappa shape index (κ3) is 0.525. The van der Waals surface area contributed by atoms with E-state index in [-0.39, 0.29) is 11.1 Å². The van der Waals surface area contributed by atoms with Gasteiger partial charge in [-0.3, -0.25) is 4.84 Å². The molecule has 2 heterocycles. The lowest BCUT2D eigenvalue weighted by atomic mass is 9.68. The highest BCUT2D eigenvalue weighted by molar-refractivity contribution is 7.83. The Balaban J connectivity index is 1.95. The van der Waals surface area contributed by atoms with Gasteiger partial charge in [-0.25, -0.2) is 4.21 Å². The fourth-order valence-electron chi connectivity index (χ4n) is 4.42. The van der Waals surface area contributed by atoms with Crippen molar-refractivity contribution in [2.45, 2.75) is 38.8 Å². The molecular weight excluding hydrogens is 198 g/mol. The van der Waals surface area contributed by atoms with E-state index in [0.29, 0.717) is 5.41 Å². The first-order valence-electron chi connectivity index (χ1n) is 5.41. The molecule has 0 aromatic heterocycles.